The Balaban J connectivity index is 1.70. The van der Waals surface area contributed by atoms with E-state index < -0.39 is 23.5 Å². The summed E-state index contributed by atoms with van der Waals surface area (Å²) in [7, 11) is 0. The normalized spacial score (nSPS) is 11.5. The van der Waals surface area contributed by atoms with Crippen molar-refractivity contribution in [3.05, 3.63) is 71.0 Å². The summed E-state index contributed by atoms with van der Waals surface area (Å²) in [5.41, 5.74) is -1.14. The molecule has 2 aromatic carbocycles. The molecule has 2 N–H and O–H groups in total. The Morgan fingerprint density at radius 2 is 1.81 bits per heavy atom. The van der Waals surface area contributed by atoms with Crippen molar-refractivity contribution in [1.82, 2.24) is 15.1 Å². The molecule has 0 atom stereocenters. The van der Waals surface area contributed by atoms with Crippen molar-refractivity contribution in [3.63, 3.8) is 0 Å². The summed E-state index contributed by atoms with van der Waals surface area (Å²) in [5.74, 6) is -1.75. The van der Waals surface area contributed by atoms with Gasteiger partial charge in [-0.25, -0.2) is 14.4 Å². The Morgan fingerprint density at radius 3 is 2.52 bits per heavy atom. The van der Waals surface area contributed by atoms with E-state index in [4.69, 9.17) is 16.1 Å². The van der Waals surface area contributed by atoms with Crippen LogP contribution in [-0.2, 0) is 6.18 Å². The average Bonchev–Trinajstić information content (AvgIpc) is 3.10. The van der Waals surface area contributed by atoms with Crippen LogP contribution < -0.4 is 10.6 Å². The van der Waals surface area contributed by atoms with Gasteiger partial charge in [0.25, 0.3) is 5.91 Å². The molecular weight excluding hydrogens is 442 g/mol. The first-order valence-electron chi connectivity index (χ1n) is 8.51. The van der Waals surface area contributed by atoms with Gasteiger partial charge >= 0.3 is 6.18 Å². The number of hydrogen-bond donors (Lipinski definition) is 2. The standard InChI is InChI=1S/C19H10ClF4N5O2/c20-14-2-1-13-16(15(14)18(30)28-12-6-25-8-26-7-12)31-29-17(13)27-11-4-9(19(22,23)24)3-10(21)5-11/h1-8H,(H,27,29)(H,28,30). The van der Waals surface area contributed by atoms with Crippen LogP contribution in [-0.4, -0.2) is 21.0 Å². The minimum atomic E-state index is -4.73. The topological polar surface area (TPSA) is 92.9 Å². The van der Waals surface area contributed by atoms with E-state index in [9.17, 15) is 22.4 Å². The largest absolute Gasteiger partial charge is 0.416 e. The van der Waals surface area contributed by atoms with Crippen LogP contribution in [0.2, 0.25) is 5.02 Å². The SMILES string of the molecule is O=C(Nc1cncnc1)c1c(Cl)ccc2c(Nc3cc(F)cc(C(F)(F)F)c3)noc12. The number of fused-ring (bicyclic) bond motifs is 1. The van der Waals surface area contributed by atoms with Gasteiger partial charge in [-0.2, -0.15) is 13.2 Å². The third-order valence-electron chi connectivity index (χ3n) is 4.12. The van der Waals surface area contributed by atoms with Crippen LogP contribution in [0.1, 0.15) is 15.9 Å². The van der Waals surface area contributed by atoms with Crippen molar-refractivity contribution in [2.24, 2.45) is 0 Å². The summed E-state index contributed by atoms with van der Waals surface area (Å²) >= 11 is 6.15. The smallest absolute Gasteiger partial charge is 0.353 e. The highest BCUT2D eigenvalue weighted by atomic mass is 35.5. The first-order valence-corrected chi connectivity index (χ1v) is 8.89. The Kier molecular flexibility index (Phi) is 5.19. The fourth-order valence-electron chi connectivity index (χ4n) is 2.80. The number of aromatic nitrogens is 3. The third kappa shape index (κ3) is 4.26. The number of nitrogens with one attached hydrogen (secondary N) is 2. The Morgan fingerprint density at radius 1 is 1.06 bits per heavy atom. The Labute approximate surface area is 176 Å². The molecule has 0 aliphatic rings. The summed E-state index contributed by atoms with van der Waals surface area (Å²) in [4.78, 5) is 20.2. The van der Waals surface area contributed by atoms with Crippen molar-refractivity contribution in [3.8, 4) is 0 Å². The number of rotatable bonds is 4. The highest BCUT2D eigenvalue weighted by Crippen LogP contribution is 2.35. The predicted molar refractivity (Wildman–Crippen MR) is 104 cm³/mol. The van der Waals surface area contributed by atoms with Gasteiger partial charge in [-0.1, -0.05) is 16.8 Å². The van der Waals surface area contributed by atoms with E-state index in [0.29, 0.717) is 11.8 Å². The molecule has 0 saturated heterocycles. The molecule has 31 heavy (non-hydrogen) atoms. The molecule has 2 aromatic heterocycles. The van der Waals surface area contributed by atoms with Crippen molar-refractivity contribution >= 4 is 45.7 Å². The average molecular weight is 452 g/mol. The summed E-state index contributed by atoms with van der Waals surface area (Å²) in [6, 6.07) is 4.83. The van der Waals surface area contributed by atoms with Crippen LogP contribution in [0, 0.1) is 5.82 Å². The molecule has 4 aromatic rings. The quantitative estimate of drug-likeness (QED) is 0.402. The number of carbonyl (C=O) groups is 1. The molecule has 0 radical (unpaired) electrons. The molecule has 7 nitrogen and oxygen atoms in total. The minimum Gasteiger partial charge on any atom is -0.353 e. The number of halogens is 5. The van der Waals surface area contributed by atoms with E-state index in [2.05, 4.69) is 25.8 Å². The van der Waals surface area contributed by atoms with Crippen LogP contribution in [0.3, 0.4) is 0 Å². The van der Waals surface area contributed by atoms with Crippen molar-refractivity contribution < 1.29 is 26.9 Å². The van der Waals surface area contributed by atoms with Gasteiger partial charge in [-0.05, 0) is 30.3 Å². The molecule has 0 aliphatic heterocycles. The molecule has 0 saturated carbocycles. The minimum absolute atomic E-state index is 0.0169. The number of anilines is 3. The van der Waals surface area contributed by atoms with E-state index in [1.54, 1.807) is 0 Å². The fraction of sp³-hybridized carbons (Fsp3) is 0.0526. The second kappa shape index (κ2) is 7.84. The second-order valence-electron chi connectivity index (χ2n) is 6.26. The molecule has 0 unspecified atom stereocenters. The monoisotopic (exact) mass is 451 g/mol. The maximum absolute atomic E-state index is 13.7. The van der Waals surface area contributed by atoms with Gasteiger partial charge in [-0.15, -0.1) is 0 Å². The number of benzene rings is 2. The van der Waals surface area contributed by atoms with Gasteiger partial charge < -0.3 is 15.2 Å². The van der Waals surface area contributed by atoms with E-state index in [1.165, 1.54) is 30.9 Å². The molecule has 0 aliphatic carbocycles. The van der Waals surface area contributed by atoms with Gasteiger partial charge in [0, 0.05) is 5.69 Å². The van der Waals surface area contributed by atoms with Crippen LogP contribution >= 0.6 is 11.6 Å². The van der Waals surface area contributed by atoms with Crippen LogP contribution in [0.15, 0.2) is 53.6 Å². The van der Waals surface area contributed by atoms with Crippen molar-refractivity contribution in [1.29, 1.82) is 0 Å². The molecule has 1 amide bonds. The van der Waals surface area contributed by atoms with E-state index in [0.717, 1.165) is 12.1 Å². The molecule has 4 rings (SSSR count). The number of nitrogens with zero attached hydrogens (tertiary/aromatic N) is 3. The predicted octanol–water partition coefficient (Wildman–Crippen LogP) is 5.43. The zero-order valence-corrected chi connectivity index (χ0v) is 15.9. The third-order valence-corrected chi connectivity index (χ3v) is 4.44. The van der Waals surface area contributed by atoms with Gasteiger partial charge in [0.2, 0.25) is 0 Å². The number of hydrogen-bond acceptors (Lipinski definition) is 6. The Bertz CT molecular complexity index is 1280. The lowest BCUT2D eigenvalue weighted by Gasteiger charge is -2.10. The highest BCUT2D eigenvalue weighted by molar-refractivity contribution is 6.36. The van der Waals surface area contributed by atoms with Gasteiger partial charge in [-0.3, -0.25) is 4.79 Å². The van der Waals surface area contributed by atoms with E-state index >= 15 is 0 Å². The molecule has 0 bridgehead atoms. The summed E-state index contributed by atoms with van der Waals surface area (Å²) in [6.45, 7) is 0. The molecule has 2 heterocycles. The number of carbonyl (C=O) groups excluding carboxylic acids is 1. The van der Waals surface area contributed by atoms with E-state index in [-0.39, 0.29) is 33.1 Å². The van der Waals surface area contributed by atoms with Crippen LogP contribution in [0.4, 0.5) is 34.8 Å². The molecule has 0 spiro atoms. The summed E-state index contributed by atoms with van der Waals surface area (Å²) in [6.07, 6.45) is -0.707. The van der Waals surface area contributed by atoms with Gasteiger partial charge in [0.05, 0.1) is 34.1 Å². The van der Waals surface area contributed by atoms with Gasteiger partial charge in [0.15, 0.2) is 11.4 Å². The Hall–Kier alpha value is -3.73. The second-order valence-corrected chi connectivity index (χ2v) is 6.67. The van der Waals surface area contributed by atoms with Crippen molar-refractivity contribution in [2.75, 3.05) is 10.6 Å². The summed E-state index contributed by atoms with van der Waals surface area (Å²) < 4.78 is 57.7. The number of alkyl halides is 3. The van der Waals surface area contributed by atoms with Crippen molar-refractivity contribution in [2.45, 2.75) is 6.18 Å². The lowest BCUT2D eigenvalue weighted by atomic mass is 10.1. The number of amides is 1. The zero-order chi connectivity index (χ0) is 22.2. The maximum Gasteiger partial charge on any atom is 0.416 e. The lowest BCUT2D eigenvalue weighted by Crippen LogP contribution is -2.13. The van der Waals surface area contributed by atoms with Crippen LogP contribution in [0.25, 0.3) is 11.0 Å². The first kappa shape index (κ1) is 20.5. The maximum atomic E-state index is 13.7. The lowest BCUT2D eigenvalue weighted by molar-refractivity contribution is -0.137. The molecule has 12 heteroatoms. The zero-order valence-electron chi connectivity index (χ0n) is 15.2. The van der Waals surface area contributed by atoms with Gasteiger partial charge in [0.1, 0.15) is 17.7 Å². The molecule has 158 valence electrons. The highest BCUT2D eigenvalue weighted by Gasteiger charge is 2.31. The summed E-state index contributed by atoms with van der Waals surface area (Å²) in [5, 5.41) is 9.17. The molecular formula is C19H10ClF4N5O2. The van der Waals surface area contributed by atoms with Crippen LogP contribution in [0.5, 0.6) is 0 Å². The fourth-order valence-corrected chi connectivity index (χ4v) is 3.04. The first-order chi connectivity index (χ1) is 14.7. The van der Waals surface area contributed by atoms with E-state index in [1.807, 2.05) is 0 Å². The molecule has 0 fully saturated rings.